The average molecular weight is 261 g/mol. The number of aryl methyl sites for hydroxylation is 1. The summed E-state index contributed by atoms with van der Waals surface area (Å²) in [7, 11) is 0. The van der Waals surface area contributed by atoms with Gasteiger partial charge in [-0.15, -0.1) is 0 Å². The summed E-state index contributed by atoms with van der Waals surface area (Å²) in [6.45, 7) is 5.83. The summed E-state index contributed by atoms with van der Waals surface area (Å²) in [6.07, 6.45) is 7.44. The first-order valence-corrected chi connectivity index (χ1v) is 7.26. The Balaban J connectivity index is 1.68. The van der Waals surface area contributed by atoms with Gasteiger partial charge in [-0.05, 0) is 44.4 Å². The smallest absolute Gasteiger partial charge is 0.127 e. The van der Waals surface area contributed by atoms with E-state index in [4.69, 9.17) is 5.11 Å². The third-order valence-corrected chi connectivity index (χ3v) is 4.69. The topological polar surface area (TPSA) is 50.1 Å². The van der Waals surface area contributed by atoms with Gasteiger partial charge in [0.25, 0.3) is 0 Å². The molecule has 3 rings (SSSR count). The molecule has 4 nitrogen and oxygen atoms in total. The Kier molecular flexibility index (Phi) is 3.35. The highest BCUT2D eigenvalue weighted by Gasteiger charge is 2.35. The molecular formula is C15H23N3O. The first kappa shape index (κ1) is 12.7. The molecule has 4 heteroatoms. The Morgan fingerprint density at radius 2 is 2.21 bits per heavy atom. The summed E-state index contributed by atoms with van der Waals surface area (Å²) in [5.74, 6) is 3.43. The monoisotopic (exact) mass is 261 g/mol. The zero-order valence-electron chi connectivity index (χ0n) is 11.8. The first-order valence-electron chi connectivity index (χ1n) is 7.26. The molecule has 0 amide bonds. The largest absolute Gasteiger partial charge is 0.394 e. The number of hydrogen-bond acceptors (Lipinski definition) is 3. The summed E-state index contributed by atoms with van der Waals surface area (Å²) >= 11 is 0. The van der Waals surface area contributed by atoms with Gasteiger partial charge in [-0.25, -0.2) is 4.68 Å². The van der Waals surface area contributed by atoms with E-state index in [-0.39, 0.29) is 6.61 Å². The fraction of sp³-hybridized carbons (Fsp3) is 0.667. The minimum Gasteiger partial charge on any atom is -0.394 e. The van der Waals surface area contributed by atoms with Crippen molar-refractivity contribution in [2.24, 2.45) is 17.8 Å². The van der Waals surface area contributed by atoms with E-state index in [0.717, 1.165) is 35.8 Å². The van der Waals surface area contributed by atoms with Crippen LogP contribution < -0.4 is 5.32 Å². The van der Waals surface area contributed by atoms with Gasteiger partial charge >= 0.3 is 0 Å². The maximum absolute atomic E-state index is 9.11. The standard InChI is InChI=1S/C15H23N3O/c1-10-11(2)17-18(5-6-19)15(10)16-9-14-8-12-3-4-13(14)7-12/h3-4,12-14,16,19H,5-9H2,1-2H3. The van der Waals surface area contributed by atoms with Crippen LogP contribution >= 0.6 is 0 Å². The Morgan fingerprint density at radius 3 is 2.84 bits per heavy atom. The van der Waals surface area contributed by atoms with Crippen LogP contribution in [0.1, 0.15) is 24.1 Å². The van der Waals surface area contributed by atoms with Crippen molar-refractivity contribution in [3.8, 4) is 0 Å². The van der Waals surface area contributed by atoms with Crippen molar-refractivity contribution in [3.05, 3.63) is 23.4 Å². The minimum absolute atomic E-state index is 0.131. The van der Waals surface area contributed by atoms with Crippen molar-refractivity contribution in [2.75, 3.05) is 18.5 Å². The Morgan fingerprint density at radius 1 is 1.37 bits per heavy atom. The number of aliphatic hydroxyl groups excluding tert-OH is 1. The van der Waals surface area contributed by atoms with Crippen molar-refractivity contribution in [2.45, 2.75) is 33.2 Å². The molecule has 1 heterocycles. The molecule has 2 bridgehead atoms. The molecule has 104 valence electrons. The molecule has 2 N–H and O–H groups in total. The summed E-state index contributed by atoms with van der Waals surface area (Å²) < 4.78 is 1.90. The average Bonchev–Trinajstić information content (AvgIpc) is 3.06. The van der Waals surface area contributed by atoms with Crippen molar-refractivity contribution < 1.29 is 5.11 Å². The molecule has 0 saturated heterocycles. The van der Waals surface area contributed by atoms with Gasteiger partial charge in [-0.1, -0.05) is 12.2 Å². The number of nitrogens with one attached hydrogen (secondary N) is 1. The zero-order valence-corrected chi connectivity index (χ0v) is 11.8. The van der Waals surface area contributed by atoms with Gasteiger partial charge < -0.3 is 10.4 Å². The van der Waals surface area contributed by atoms with Gasteiger partial charge in [0, 0.05) is 12.1 Å². The minimum atomic E-state index is 0.131. The van der Waals surface area contributed by atoms with Crippen molar-refractivity contribution >= 4 is 5.82 Å². The summed E-state index contributed by atoms with van der Waals surface area (Å²) in [6, 6.07) is 0. The van der Waals surface area contributed by atoms with Gasteiger partial charge in [0.1, 0.15) is 5.82 Å². The Bertz CT molecular complexity index is 492. The molecule has 1 fully saturated rings. The lowest BCUT2D eigenvalue weighted by Crippen LogP contribution is -2.20. The number of allylic oxidation sites excluding steroid dienone is 2. The second kappa shape index (κ2) is 5.00. The van der Waals surface area contributed by atoms with Gasteiger partial charge in [0.15, 0.2) is 0 Å². The van der Waals surface area contributed by atoms with Crippen LogP contribution in [0.2, 0.25) is 0 Å². The summed E-state index contributed by atoms with van der Waals surface area (Å²) in [4.78, 5) is 0. The van der Waals surface area contributed by atoms with Crippen LogP contribution in [-0.2, 0) is 6.54 Å². The molecule has 2 aliphatic carbocycles. The molecule has 0 aliphatic heterocycles. The van der Waals surface area contributed by atoms with E-state index in [2.05, 4.69) is 29.5 Å². The number of aliphatic hydroxyl groups is 1. The van der Waals surface area contributed by atoms with Crippen molar-refractivity contribution in [1.29, 1.82) is 0 Å². The van der Waals surface area contributed by atoms with E-state index in [1.54, 1.807) is 0 Å². The molecule has 1 aromatic rings. The van der Waals surface area contributed by atoms with Gasteiger partial charge in [0.2, 0.25) is 0 Å². The predicted octanol–water partition coefficient (Wildman–Crippen LogP) is 2.12. The highest BCUT2D eigenvalue weighted by atomic mass is 16.3. The van der Waals surface area contributed by atoms with Crippen LogP contribution in [0.25, 0.3) is 0 Å². The highest BCUT2D eigenvalue weighted by molar-refractivity contribution is 5.46. The fourth-order valence-corrected chi connectivity index (χ4v) is 3.51. The SMILES string of the molecule is Cc1nn(CCO)c(NCC2CC3C=CC2C3)c1C. The molecule has 19 heavy (non-hydrogen) atoms. The van der Waals surface area contributed by atoms with Crippen LogP contribution in [0, 0.1) is 31.6 Å². The van der Waals surface area contributed by atoms with E-state index >= 15 is 0 Å². The van der Waals surface area contributed by atoms with E-state index in [0.29, 0.717) is 6.54 Å². The van der Waals surface area contributed by atoms with Crippen molar-refractivity contribution in [3.63, 3.8) is 0 Å². The van der Waals surface area contributed by atoms with E-state index in [1.807, 2.05) is 11.6 Å². The normalized spacial score (nSPS) is 28.3. The zero-order chi connectivity index (χ0) is 13.4. The van der Waals surface area contributed by atoms with Crippen LogP contribution in [0.4, 0.5) is 5.82 Å². The number of anilines is 1. The number of hydrogen-bond donors (Lipinski definition) is 2. The first-order chi connectivity index (χ1) is 9.19. The molecule has 1 saturated carbocycles. The Hall–Kier alpha value is -1.29. The van der Waals surface area contributed by atoms with Crippen LogP contribution in [-0.4, -0.2) is 28.0 Å². The molecule has 3 unspecified atom stereocenters. The molecular weight excluding hydrogens is 238 g/mol. The van der Waals surface area contributed by atoms with E-state index in [1.165, 1.54) is 18.4 Å². The third kappa shape index (κ3) is 2.29. The number of rotatable bonds is 5. The highest BCUT2D eigenvalue weighted by Crippen LogP contribution is 2.43. The molecule has 3 atom stereocenters. The molecule has 0 aromatic carbocycles. The molecule has 0 spiro atoms. The predicted molar refractivity (Wildman–Crippen MR) is 76.1 cm³/mol. The maximum Gasteiger partial charge on any atom is 0.127 e. The number of nitrogens with zero attached hydrogens (tertiary/aromatic N) is 2. The van der Waals surface area contributed by atoms with E-state index in [9.17, 15) is 0 Å². The van der Waals surface area contributed by atoms with Crippen LogP contribution in [0.15, 0.2) is 12.2 Å². The van der Waals surface area contributed by atoms with E-state index < -0.39 is 0 Å². The van der Waals surface area contributed by atoms with Gasteiger partial charge in [-0.3, -0.25) is 0 Å². The fourth-order valence-electron chi connectivity index (χ4n) is 3.51. The van der Waals surface area contributed by atoms with Crippen LogP contribution in [0.3, 0.4) is 0 Å². The molecule has 1 aromatic heterocycles. The summed E-state index contributed by atoms with van der Waals surface area (Å²) in [5, 5.41) is 17.2. The van der Waals surface area contributed by atoms with Crippen molar-refractivity contribution in [1.82, 2.24) is 9.78 Å². The lowest BCUT2D eigenvalue weighted by atomic mass is 9.93. The van der Waals surface area contributed by atoms with Gasteiger partial charge in [-0.2, -0.15) is 5.10 Å². The second-order valence-corrected chi connectivity index (χ2v) is 5.93. The summed E-state index contributed by atoms with van der Waals surface area (Å²) in [5.41, 5.74) is 2.25. The van der Waals surface area contributed by atoms with Gasteiger partial charge in [0.05, 0.1) is 18.8 Å². The lowest BCUT2D eigenvalue weighted by molar-refractivity contribution is 0.270. The lowest BCUT2D eigenvalue weighted by Gasteiger charge is -2.20. The third-order valence-electron chi connectivity index (χ3n) is 4.69. The maximum atomic E-state index is 9.11. The van der Waals surface area contributed by atoms with Crippen LogP contribution in [0.5, 0.6) is 0 Å². The molecule has 2 aliphatic rings. The quantitative estimate of drug-likeness (QED) is 0.798. The second-order valence-electron chi connectivity index (χ2n) is 5.93. The number of fused-ring (bicyclic) bond motifs is 2. The Labute approximate surface area is 114 Å². The number of aromatic nitrogens is 2. The molecule has 0 radical (unpaired) electrons.